The molecule has 0 amide bonds. The summed E-state index contributed by atoms with van der Waals surface area (Å²) in [4.78, 5) is 2.07. The maximum atomic E-state index is 14.1. The molecule has 1 heterocycles. The minimum Gasteiger partial charge on any atom is -0.462 e. The maximum Gasteiger partial charge on any atom is 0.135 e. The van der Waals surface area contributed by atoms with E-state index >= 15 is 0 Å². The van der Waals surface area contributed by atoms with E-state index in [1.165, 1.54) is 6.07 Å². The van der Waals surface area contributed by atoms with Gasteiger partial charge in [0.15, 0.2) is 0 Å². The zero-order chi connectivity index (χ0) is 21.1. The molecule has 0 saturated heterocycles. The minimum absolute atomic E-state index is 0.224. The van der Waals surface area contributed by atoms with Crippen LogP contribution in [-0.4, -0.2) is 30.3 Å². The second-order valence-corrected chi connectivity index (χ2v) is 7.25. The molecule has 5 heteroatoms. The first-order valence-electron chi connectivity index (χ1n) is 10.0. The van der Waals surface area contributed by atoms with Gasteiger partial charge in [-0.1, -0.05) is 30.4 Å². The Bertz CT molecular complexity index is 759. The smallest absolute Gasteiger partial charge is 0.135 e. The molecule has 0 aliphatic carbocycles. The molecule has 0 bridgehead atoms. The van der Waals surface area contributed by atoms with Crippen molar-refractivity contribution in [3.63, 3.8) is 0 Å². The van der Waals surface area contributed by atoms with Gasteiger partial charge < -0.3 is 14.3 Å². The second kappa shape index (κ2) is 11.7. The summed E-state index contributed by atoms with van der Waals surface area (Å²) >= 11 is 0. The van der Waals surface area contributed by atoms with E-state index in [-0.39, 0.29) is 5.82 Å². The Morgan fingerprint density at radius 3 is 2.41 bits per heavy atom. The van der Waals surface area contributed by atoms with E-state index in [4.69, 9.17) is 9.15 Å². The highest BCUT2D eigenvalue weighted by Crippen LogP contribution is 2.33. The molecule has 1 N–H and O–H groups in total. The number of allylic oxidation sites excluding steroid dienone is 2. The summed E-state index contributed by atoms with van der Waals surface area (Å²) in [6.07, 6.45) is 6.06. The number of halogens is 1. The fourth-order valence-electron chi connectivity index (χ4n) is 3.29. The van der Waals surface area contributed by atoms with E-state index in [9.17, 15) is 9.50 Å². The standard InChI is InChI=1S/C24H32FNO3/c1-4-6-14-24(27,15-7-5-2)23-13-12-21(29-23)19-26(16-17-28-3)18-20-10-8-9-11-22(20)25/h4-5,8-13,27H,1-2,6-7,14-19H2,3H3. The van der Waals surface area contributed by atoms with Crippen molar-refractivity contribution in [1.29, 1.82) is 0 Å². The highest BCUT2D eigenvalue weighted by Gasteiger charge is 2.31. The van der Waals surface area contributed by atoms with Crippen molar-refractivity contribution >= 4 is 0 Å². The summed E-state index contributed by atoms with van der Waals surface area (Å²) in [5.74, 6) is 1.05. The van der Waals surface area contributed by atoms with Crippen molar-refractivity contribution in [2.45, 2.75) is 44.4 Å². The van der Waals surface area contributed by atoms with Crippen molar-refractivity contribution in [2.24, 2.45) is 0 Å². The van der Waals surface area contributed by atoms with Crippen LogP contribution in [0, 0.1) is 5.82 Å². The average Bonchev–Trinajstić information content (AvgIpc) is 3.20. The summed E-state index contributed by atoms with van der Waals surface area (Å²) in [6.45, 7) is 9.61. The molecule has 29 heavy (non-hydrogen) atoms. The van der Waals surface area contributed by atoms with Crippen LogP contribution in [0.2, 0.25) is 0 Å². The topological polar surface area (TPSA) is 45.8 Å². The van der Waals surface area contributed by atoms with E-state index in [0.717, 1.165) is 5.76 Å². The van der Waals surface area contributed by atoms with Crippen LogP contribution >= 0.6 is 0 Å². The van der Waals surface area contributed by atoms with Gasteiger partial charge in [-0.3, -0.25) is 4.90 Å². The lowest BCUT2D eigenvalue weighted by Gasteiger charge is -2.25. The van der Waals surface area contributed by atoms with E-state index in [1.54, 1.807) is 31.4 Å². The third-order valence-corrected chi connectivity index (χ3v) is 4.99. The van der Waals surface area contributed by atoms with Crippen LogP contribution in [0.1, 0.15) is 42.8 Å². The van der Waals surface area contributed by atoms with Crippen LogP contribution in [0.5, 0.6) is 0 Å². The Hall–Kier alpha value is -2.21. The highest BCUT2D eigenvalue weighted by atomic mass is 19.1. The molecule has 0 saturated carbocycles. The molecular weight excluding hydrogens is 369 g/mol. The van der Waals surface area contributed by atoms with Gasteiger partial charge >= 0.3 is 0 Å². The van der Waals surface area contributed by atoms with Crippen LogP contribution in [0.15, 0.2) is 66.1 Å². The monoisotopic (exact) mass is 401 g/mol. The van der Waals surface area contributed by atoms with Crippen LogP contribution in [0.3, 0.4) is 0 Å². The molecule has 1 aromatic heterocycles. The predicted octanol–water partition coefficient (Wildman–Crippen LogP) is 5.19. The van der Waals surface area contributed by atoms with Gasteiger partial charge in [0.1, 0.15) is 22.9 Å². The lowest BCUT2D eigenvalue weighted by molar-refractivity contribution is -0.00228. The number of hydrogen-bond donors (Lipinski definition) is 1. The van der Waals surface area contributed by atoms with Gasteiger partial charge in [-0.25, -0.2) is 4.39 Å². The second-order valence-electron chi connectivity index (χ2n) is 7.25. The molecule has 2 rings (SSSR count). The summed E-state index contributed by atoms with van der Waals surface area (Å²) in [7, 11) is 1.64. The molecule has 2 aromatic rings. The fourth-order valence-corrected chi connectivity index (χ4v) is 3.29. The molecule has 1 aromatic carbocycles. The van der Waals surface area contributed by atoms with Gasteiger partial charge in [-0.2, -0.15) is 0 Å². The summed E-state index contributed by atoms with van der Waals surface area (Å²) in [6, 6.07) is 10.5. The zero-order valence-electron chi connectivity index (χ0n) is 17.3. The first-order valence-corrected chi connectivity index (χ1v) is 10.0. The molecule has 0 aliphatic rings. The van der Waals surface area contributed by atoms with Crippen molar-refractivity contribution in [3.8, 4) is 0 Å². The lowest BCUT2D eigenvalue weighted by Crippen LogP contribution is -2.27. The predicted molar refractivity (Wildman–Crippen MR) is 114 cm³/mol. The number of benzene rings is 1. The Kier molecular flexibility index (Phi) is 9.32. The van der Waals surface area contributed by atoms with E-state index in [2.05, 4.69) is 18.1 Å². The zero-order valence-corrected chi connectivity index (χ0v) is 17.3. The van der Waals surface area contributed by atoms with Crippen molar-refractivity contribution in [3.05, 3.63) is 84.6 Å². The molecule has 4 nitrogen and oxygen atoms in total. The third kappa shape index (κ3) is 6.96. The number of rotatable bonds is 14. The number of aliphatic hydroxyl groups is 1. The molecule has 158 valence electrons. The molecule has 0 atom stereocenters. The lowest BCUT2D eigenvalue weighted by atomic mass is 9.89. The third-order valence-electron chi connectivity index (χ3n) is 4.99. The quantitative estimate of drug-likeness (QED) is 0.443. The van der Waals surface area contributed by atoms with Gasteiger partial charge in [-0.15, -0.1) is 13.2 Å². The normalized spacial score (nSPS) is 11.7. The van der Waals surface area contributed by atoms with Crippen molar-refractivity contribution in [2.75, 3.05) is 20.3 Å². The van der Waals surface area contributed by atoms with Crippen molar-refractivity contribution < 1.29 is 18.7 Å². The summed E-state index contributed by atoms with van der Waals surface area (Å²) < 4.78 is 25.3. The first kappa shape index (κ1) is 23.1. The molecule has 0 radical (unpaired) electrons. The summed E-state index contributed by atoms with van der Waals surface area (Å²) in [5, 5.41) is 11.1. The Morgan fingerprint density at radius 1 is 1.10 bits per heavy atom. The Labute approximate surface area is 173 Å². The van der Waals surface area contributed by atoms with Crippen LogP contribution in [-0.2, 0) is 23.4 Å². The van der Waals surface area contributed by atoms with E-state index in [1.807, 2.05) is 18.2 Å². The number of hydrogen-bond acceptors (Lipinski definition) is 4. The van der Waals surface area contributed by atoms with Gasteiger partial charge in [0.2, 0.25) is 0 Å². The van der Waals surface area contributed by atoms with Crippen LogP contribution < -0.4 is 0 Å². The van der Waals surface area contributed by atoms with Gasteiger partial charge in [0, 0.05) is 25.8 Å². The largest absolute Gasteiger partial charge is 0.462 e. The molecular formula is C24H32FNO3. The highest BCUT2D eigenvalue weighted by molar-refractivity contribution is 5.18. The van der Waals surface area contributed by atoms with Gasteiger partial charge in [-0.05, 0) is 43.9 Å². The Morgan fingerprint density at radius 2 is 1.79 bits per heavy atom. The number of methoxy groups -OCH3 is 1. The van der Waals surface area contributed by atoms with E-state index in [0.29, 0.717) is 63.2 Å². The Balaban J connectivity index is 2.15. The maximum absolute atomic E-state index is 14.1. The number of ether oxygens (including phenoxy) is 1. The van der Waals surface area contributed by atoms with Crippen molar-refractivity contribution in [1.82, 2.24) is 4.90 Å². The van der Waals surface area contributed by atoms with Crippen LogP contribution in [0.4, 0.5) is 4.39 Å². The number of nitrogens with zero attached hydrogens (tertiary/aromatic N) is 1. The molecule has 0 aliphatic heterocycles. The average molecular weight is 402 g/mol. The fraction of sp³-hybridized carbons (Fsp3) is 0.417. The number of furan rings is 1. The first-order chi connectivity index (χ1) is 14.0. The van der Waals surface area contributed by atoms with Crippen LogP contribution in [0.25, 0.3) is 0 Å². The summed E-state index contributed by atoms with van der Waals surface area (Å²) in [5.41, 5.74) is -0.423. The molecule has 0 spiro atoms. The minimum atomic E-state index is -1.05. The van der Waals surface area contributed by atoms with Gasteiger partial charge in [0.25, 0.3) is 0 Å². The van der Waals surface area contributed by atoms with Gasteiger partial charge in [0.05, 0.1) is 13.2 Å². The SMILES string of the molecule is C=CCCC(O)(CCC=C)c1ccc(CN(CCOC)Cc2ccccc2F)o1. The molecule has 0 fully saturated rings. The van der Waals surface area contributed by atoms with E-state index < -0.39 is 5.60 Å². The molecule has 0 unspecified atom stereocenters.